The first-order valence-electron chi connectivity index (χ1n) is 5.31. The van der Waals surface area contributed by atoms with E-state index in [1.807, 2.05) is 12.1 Å². The number of carbonyl (C=O) groups is 1. The largest absolute Gasteiger partial charge is 0.309 e. The number of nitrogens with one attached hydrogen (secondary N) is 2. The summed E-state index contributed by atoms with van der Waals surface area (Å²) in [6, 6.07) is 5.42. The van der Waals surface area contributed by atoms with Gasteiger partial charge in [-0.15, -0.1) is 0 Å². The van der Waals surface area contributed by atoms with Crippen LogP contribution in [0.25, 0.3) is 0 Å². The van der Waals surface area contributed by atoms with Crippen LogP contribution in [0.1, 0.15) is 19.3 Å². The zero-order valence-corrected chi connectivity index (χ0v) is 8.57. The van der Waals surface area contributed by atoms with Crippen molar-refractivity contribution in [3.8, 4) is 0 Å². The lowest BCUT2D eigenvalue weighted by molar-refractivity contribution is -0.118. The van der Waals surface area contributed by atoms with Crippen molar-refractivity contribution in [2.75, 3.05) is 11.9 Å². The van der Waals surface area contributed by atoms with Crippen LogP contribution in [0.3, 0.4) is 0 Å². The molecule has 15 heavy (non-hydrogen) atoms. The molecule has 0 bridgehead atoms. The molecule has 0 aliphatic carbocycles. The van der Waals surface area contributed by atoms with E-state index in [0.717, 1.165) is 25.8 Å². The molecule has 1 aliphatic rings. The lowest BCUT2D eigenvalue weighted by atomic mass is 10.0. The van der Waals surface area contributed by atoms with Crippen LogP contribution in [0.15, 0.2) is 24.4 Å². The molecule has 2 N–H and O–H groups in total. The van der Waals surface area contributed by atoms with Crippen LogP contribution in [-0.4, -0.2) is 23.5 Å². The fourth-order valence-electron chi connectivity index (χ4n) is 1.73. The van der Waals surface area contributed by atoms with Gasteiger partial charge in [0.25, 0.3) is 0 Å². The molecule has 0 unspecified atom stereocenters. The summed E-state index contributed by atoms with van der Waals surface area (Å²) in [6.07, 6.45) is 4.86. The Bertz CT molecular complexity index is 320. The van der Waals surface area contributed by atoms with E-state index in [1.54, 1.807) is 12.3 Å². The smallest absolute Gasteiger partial charge is 0.242 e. The summed E-state index contributed by atoms with van der Waals surface area (Å²) in [6.45, 7) is 0.931. The predicted molar refractivity (Wildman–Crippen MR) is 58.5 cm³/mol. The van der Waals surface area contributed by atoms with Gasteiger partial charge < -0.3 is 10.6 Å². The molecule has 0 spiro atoms. The molecule has 2 heterocycles. The normalized spacial score (nSPS) is 20.9. The Morgan fingerprint density at radius 1 is 1.47 bits per heavy atom. The molecular weight excluding hydrogens is 190 g/mol. The highest BCUT2D eigenvalue weighted by molar-refractivity contribution is 5.94. The van der Waals surface area contributed by atoms with Crippen molar-refractivity contribution >= 4 is 11.7 Å². The summed E-state index contributed by atoms with van der Waals surface area (Å²) in [4.78, 5) is 15.8. The maximum atomic E-state index is 11.8. The fourth-order valence-corrected chi connectivity index (χ4v) is 1.73. The van der Waals surface area contributed by atoms with Crippen molar-refractivity contribution in [3.63, 3.8) is 0 Å². The third kappa shape index (κ3) is 2.76. The summed E-state index contributed by atoms with van der Waals surface area (Å²) in [5.74, 6) is 0.642. The highest BCUT2D eigenvalue weighted by Crippen LogP contribution is 2.09. The lowest BCUT2D eigenvalue weighted by Crippen LogP contribution is -2.43. The van der Waals surface area contributed by atoms with Crippen LogP contribution in [0.5, 0.6) is 0 Å². The van der Waals surface area contributed by atoms with E-state index in [2.05, 4.69) is 15.6 Å². The predicted octanol–water partition coefficient (Wildman–Crippen LogP) is 1.16. The Hall–Kier alpha value is -1.42. The van der Waals surface area contributed by atoms with E-state index in [-0.39, 0.29) is 11.9 Å². The first-order valence-corrected chi connectivity index (χ1v) is 5.31. The van der Waals surface area contributed by atoms with Crippen LogP contribution in [0.2, 0.25) is 0 Å². The monoisotopic (exact) mass is 205 g/mol. The zero-order valence-electron chi connectivity index (χ0n) is 8.57. The molecule has 0 saturated carbocycles. The van der Waals surface area contributed by atoms with Crippen LogP contribution in [0.4, 0.5) is 5.82 Å². The number of carbonyl (C=O) groups excluding carboxylic acids is 1. The second kappa shape index (κ2) is 4.89. The van der Waals surface area contributed by atoms with Gasteiger partial charge in [0.1, 0.15) is 5.82 Å². The molecule has 1 fully saturated rings. The molecule has 2 rings (SSSR count). The third-order valence-electron chi connectivity index (χ3n) is 2.54. The summed E-state index contributed by atoms with van der Waals surface area (Å²) < 4.78 is 0. The number of anilines is 1. The van der Waals surface area contributed by atoms with Gasteiger partial charge in [-0.2, -0.15) is 0 Å². The molecule has 1 atom stereocenters. The Kier molecular flexibility index (Phi) is 3.29. The van der Waals surface area contributed by atoms with Crippen LogP contribution >= 0.6 is 0 Å². The van der Waals surface area contributed by atoms with E-state index in [4.69, 9.17) is 0 Å². The summed E-state index contributed by atoms with van der Waals surface area (Å²) in [5, 5.41) is 6.00. The molecule has 1 saturated heterocycles. The van der Waals surface area contributed by atoms with E-state index < -0.39 is 0 Å². The first-order chi connectivity index (χ1) is 7.36. The van der Waals surface area contributed by atoms with Crippen molar-refractivity contribution in [1.29, 1.82) is 0 Å². The van der Waals surface area contributed by atoms with E-state index in [1.165, 1.54) is 0 Å². The molecule has 4 nitrogen and oxygen atoms in total. The van der Waals surface area contributed by atoms with E-state index in [9.17, 15) is 4.79 Å². The van der Waals surface area contributed by atoms with Gasteiger partial charge in [0, 0.05) is 6.20 Å². The first kappa shape index (κ1) is 10.1. The topological polar surface area (TPSA) is 54.0 Å². The van der Waals surface area contributed by atoms with Crippen LogP contribution in [0, 0.1) is 0 Å². The van der Waals surface area contributed by atoms with Gasteiger partial charge in [-0.3, -0.25) is 4.79 Å². The molecule has 0 radical (unpaired) electrons. The van der Waals surface area contributed by atoms with E-state index >= 15 is 0 Å². The Balaban J connectivity index is 1.91. The number of hydrogen-bond acceptors (Lipinski definition) is 3. The molecule has 1 amide bonds. The van der Waals surface area contributed by atoms with Gasteiger partial charge in [0.2, 0.25) is 5.91 Å². The standard InChI is InChI=1S/C11H15N3O/c15-11(9-5-1-3-7-12-9)14-10-6-2-4-8-13-10/h2,4,6,8-9,12H,1,3,5,7H2,(H,13,14,15)/t9-/m0/s1. The average Bonchev–Trinajstić information content (AvgIpc) is 2.31. The number of amides is 1. The number of rotatable bonds is 2. The number of piperidine rings is 1. The molecular formula is C11H15N3O. The Morgan fingerprint density at radius 2 is 2.40 bits per heavy atom. The van der Waals surface area contributed by atoms with Gasteiger partial charge in [-0.25, -0.2) is 4.98 Å². The highest BCUT2D eigenvalue weighted by atomic mass is 16.2. The third-order valence-corrected chi connectivity index (χ3v) is 2.54. The maximum absolute atomic E-state index is 11.8. The van der Waals surface area contributed by atoms with Gasteiger partial charge in [-0.05, 0) is 31.5 Å². The molecule has 1 aromatic heterocycles. The number of hydrogen-bond donors (Lipinski definition) is 2. The van der Waals surface area contributed by atoms with Crippen molar-refractivity contribution in [3.05, 3.63) is 24.4 Å². The quantitative estimate of drug-likeness (QED) is 0.761. The second-order valence-corrected chi connectivity index (χ2v) is 3.71. The highest BCUT2D eigenvalue weighted by Gasteiger charge is 2.20. The second-order valence-electron chi connectivity index (χ2n) is 3.71. The Morgan fingerprint density at radius 3 is 3.07 bits per heavy atom. The SMILES string of the molecule is O=C(Nc1ccccn1)[C@@H]1CCCCN1. The minimum atomic E-state index is -0.0549. The molecule has 0 aromatic carbocycles. The summed E-state index contributed by atoms with van der Waals surface area (Å²) in [7, 11) is 0. The maximum Gasteiger partial charge on any atom is 0.242 e. The lowest BCUT2D eigenvalue weighted by Gasteiger charge is -2.22. The van der Waals surface area contributed by atoms with Gasteiger partial charge >= 0.3 is 0 Å². The minimum absolute atomic E-state index is 0.0217. The van der Waals surface area contributed by atoms with Crippen LogP contribution in [-0.2, 0) is 4.79 Å². The van der Waals surface area contributed by atoms with Crippen molar-refractivity contribution in [2.45, 2.75) is 25.3 Å². The number of aromatic nitrogens is 1. The number of pyridine rings is 1. The zero-order chi connectivity index (χ0) is 10.5. The van der Waals surface area contributed by atoms with E-state index in [0.29, 0.717) is 5.82 Å². The Labute approximate surface area is 89.1 Å². The molecule has 1 aromatic rings. The van der Waals surface area contributed by atoms with Gasteiger partial charge in [0.15, 0.2) is 0 Å². The van der Waals surface area contributed by atoms with Crippen LogP contribution < -0.4 is 10.6 Å². The number of nitrogens with zero attached hydrogens (tertiary/aromatic N) is 1. The molecule has 4 heteroatoms. The van der Waals surface area contributed by atoms with Crippen molar-refractivity contribution < 1.29 is 4.79 Å². The van der Waals surface area contributed by atoms with Gasteiger partial charge in [-0.1, -0.05) is 12.5 Å². The van der Waals surface area contributed by atoms with Crippen molar-refractivity contribution in [2.24, 2.45) is 0 Å². The molecule has 1 aliphatic heterocycles. The summed E-state index contributed by atoms with van der Waals surface area (Å²) in [5.41, 5.74) is 0. The van der Waals surface area contributed by atoms with Crippen molar-refractivity contribution in [1.82, 2.24) is 10.3 Å². The fraction of sp³-hybridized carbons (Fsp3) is 0.455. The van der Waals surface area contributed by atoms with Gasteiger partial charge in [0.05, 0.1) is 6.04 Å². The average molecular weight is 205 g/mol. The molecule has 80 valence electrons. The summed E-state index contributed by atoms with van der Waals surface area (Å²) >= 11 is 0. The minimum Gasteiger partial charge on any atom is -0.309 e.